The molecule has 0 bridgehead atoms. The first-order chi connectivity index (χ1) is 12.0. The fourth-order valence-electron chi connectivity index (χ4n) is 3.37. The molecule has 0 radical (unpaired) electrons. The molecule has 1 aliphatic rings. The van der Waals surface area contributed by atoms with Gasteiger partial charge in [0.05, 0.1) is 21.2 Å². The third-order valence-electron chi connectivity index (χ3n) is 4.57. The van der Waals surface area contributed by atoms with E-state index in [0.29, 0.717) is 16.1 Å². The third kappa shape index (κ3) is 2.53. The van der Waals surface area contributed by atoms with Crippen molar-refractivity contribution in [2.24, 2.45) is 0 Å². The first-order valence-corrected chi connectivity index (χ1v) is 8.65. The molecular formula is C19H14Cl2N2O2. The molecule has 2 aromatic carbocycles. The van der Waals surface area contributed by atoms with Crippen LogP contribution in [-0.2, 0) is 6.42 Å². The van der Waals surface area contributed by atoms with Crippen LogP contribution >= 0.6 is 23.2 Å². The van der Waals surface area contributed by atoms with E-state index in [0.717, 1.165) is 17.5 Å². The summed E-state index contributed by atoms with van der Waals surface area (Å²) in [6, 6.07) is 10.8. The van der Waals surface area contributed by atoms with Crippen LogP contribution in [0.5, 0.6) is 0 Å². The van der Waals surface area contributed by atoms with Crippen LogP contribution < -0.4 is 10.7 Å². The average Bonchev–Trinajstić information content (AvgIpc) is 2.91. The number of anilines is 1. The number of amides is 1. The topological polar surface area (TPSA) is 51.1 Å². The van der Waals surface area contributed by atoms with Gasteiger partial charge in [0, 0.05) is 17.6 Å². The van der Waals surface area contributed by atoms with Crippen molar-refractivity contribution in [1.82, 2.24) is 4.57 Å². The van der Waals surface area contributed by atoms with Gasteiger partial charge >= 0.3 is 0 Å². The van der Waals surface area contributed by atoms with Crippen LogP contribution in [0.2, 0.25) is 10.0 Å². The van der Waals surface area contributed by atoms with Gasteiger partial charge in [0.25, 0.3) is 5.91 Å². The second kappa shape index (κ2) is 5.90. The van der Waals surface area contributed by atoms with Crippen molar-refractivity contribution in [1.29, 1.82) is 0 Å². The van der Waals surface area contributed by atoms with E-state index in [9.17, 15) is 9.59 Å². The highest BCUT2D eigenvalue weighted by Gasteiger charge is 2.24. The van der Waals surface area contributed by atoms with Crippen LogP contribution in [0.15, 0.2) is 47.4 Å². The summed E-state index contributed by atoms with van der Waals surface area (Å²) in [6.45, 7) is 2.07. The Balaban J connectivity index is 1.83. The lowest BCUT2D eigenvalue weighted by Gasteiger charge is -2.13. The monoisotopic (exact) mass is 372 g/mol. The van der Waals surface area contributed by atoms with Gasteiger partial charge in [-0.25, -0.2) is 0 Å². The molecule has 4 rings (SSSR count). The molecule has 0 saturated carbocycles. The highest BCUT2D eigenvalue weighted by Crippen LogP contribution is 2.32. The minimum absolute atomic E-state index is 0.0921. The molecule has 0 saturated heterocycles. The fraction of sp³-hybridized carbons (Fsp3) is 0.158. The van der Waals surface area contributed by atoms with E-state index in [2.05, 4.69) is 12.2 Å². The van der Waals surface area contributed by atoms with Crippen molar-refractivity contribution in [3.05, 3.63) is 74.0 Å². The van der Waals surface area contributed by atoms with Crippen molar-refractivity contribution in [3.8, 4) is 0 Å². The van der Waals surface area contributed by atoms with E-state index in [1.165, 1.54) is 0 Å². The normalized spacial score (nSPS) is 15.6. The Hall–Kier alpha value is -2.30. The number of halogens is 2. The predicted molar refractivity (Wildman–Crippen MR) is 101 cm³/mol. The summed E-state index contributed by atoms with van der Waals surface area (Å²) >= 11 is 12.1. The Labute approximate surface area is 154 Å². The average molecular weight is 373 g/mol. The van der Waals surface area contributed by atoms with Crippen molar-refractivity contribution in [2.75, 3.05) is 5.32 Å². The highest BCUT2D eigenvalue weighted by atomic mass is 35.5. The largest absolute Gasteiger partial charge is 0.343 e. The smallest absolute Gasteiger partial charge is 0.261 e. The Morgan fingerprint density at radius 2 is 1.96 bits per heavy atom. The Bertz CT molecular complexity index is 1090. The summed E-state index contributed by atoms with van der Waals surface area (Å²) in [4.78, 5) is 25.5. The lowest BCUT2D eigenvalue weighted by molar-refractivity contribution is 0.102. The Morgan fingerprint density at radius 3 is 2.76 bits per heavy atom. The molecule has 0 fully saturated rings. The minimum Gasteiger partial charge on any atom is -0.343 e. The van der Waals surface area contributed by atoms with Gasteiger partial charge in [0.15, 0.2) is 0 Å². The standard InChI is InChI=1S/C19H14Cl2N2O2/c1-10-8-11-4-2-5-12-17(11)23(10)9-13(18(12)24)19(25)22-15-7-3-6-14(20)16(15)21/h2-7,9-10H,8H2,1H3,(H,22,25)/t10-/m1/s1. The predicted octanol–water partition coefficient (Wildman–Crippen LogP) is 4.68. The molecule has 1 N–H and O–H groups in total. The second-order valence-electron chi connectivity index (χ2n) is 6.20. The quantitative estimate of drug-likeness (QED) is 0.709. The molecule has 25 heavy (non-hydrogen) atoms. The highest BCUT2D eigenvalue weighted by molar-refractivity contribution is 6.44. The molecule has 6 heteroatoms. The number of carbonyl (C=O) groups excluding carboxylic acids is 1. The number of carbonyl (C=O) groups is 1. The van der Waals surface area contributed by atoms with E-state index < -0.39 is 5.91 Å². The lowest BCUT2D eigenvalue weighted by atomic mass is 10.1. The maximum Gasteiger partial charge on any atom is 0.261 e. The molecule has 1 atom stereocenters. The molecule has 1 amide bonds. The first kappa shape index (κ1) is 16.2. The Morgan fingerprint density at radius 1 is 1.20 bits per heavy atom. The number of rotatable bonds is 2. The van der Waals surface area contributed by atoms with E-state index >= 15 is 0 Å². The number of pyridine rings is 1. The van der Waals surface area contributed by atoms with E-state index in [1.807, 2.05) is 16.7 Å². The van der Waals surface area contributed by atoms with Gasteiger partial charge in [0.2, 0.25) is 5.43 Å². The van der Waals surface area contributed by atoms with Gasteiger partial charge in [-0.2, -0.15) is 0 Å². The summed E-state index contributed by atoms with van der Waals surface area (Å²) in [5.41, 5.74) is 2.23. The summed E-state index contributed by atoms with van der Waals surface area (Å²) in [5, 5.41) is 3.84. The fourth-order valence-corrected chi connectivity index (χ4v) is 3.72. The van der Waals surface area contributed by atoms with Crippen LogP contribution in [-0.4, -0.2) is 10.5 Å². The molecule has 0 unspecified atom stereocenters. The van der Waals surface area contributed by atoms with E-state index in [-0.39, 0.29) is 22.1 Å². The summed E-state index contributed by atoms with van der Waals surface area (Å²) in [7, 11) is 0. The lowest BCUT2D eigenvalue weighted by Crippen LogP contribution is -2.24. The number of benzene rings is 2. The van der Waals surface area contributed by atoms with Gasteiger partial charge in [0.1, 0.15) is 5.56 Å². The summed E-state index contributed by atoms with van der Waals surface area (Å²) in [5.74, 6) is -0.496. The van der Waals surface area contributed by atoms with Crippen molar-refractivity contribution in [2.45, 2.75) is 19.4 Å². The molecule has 1 aliphatic heterocycles. The zero-order chi connectivity index (χ0) is 17.7. The maximum atomic E-state index is 12.8. The van der Waals surface area contributed by atoms with Crippen molar-refractivity contribution in [3.63, 3.8) is 0 Å². The van der Waals surface area contributed by atoms with Crippen molar-refractivity contribution < 1.29 is 4.79 Å². The number of nitrogens with zero attached hydrogens (tertiary/aromatic N) is 1. The van der Waals surface area contributed by atoms with Gasteiger partial charge in [-0.05, 0) is 37.1 Å². The van der Waals surface area contributed by atoms with Crippen LogP contribution in [0, 0.1) is 0 Å². The van der Waals surface area contributed by atoms with Crippen molar-refractivity contribution >= 4 is 45.7 Å². The second-order valence-corrected chi connectivity index (χ2v) is 6.99. The van der Waals surface area contributed by atoms with Gasteiger partial charge in [-0.1, -0.05) is 41.4 Å². The molecule has 4 nitrogen and oxygen atoms in total. The number of hydrogen-bond acceptors (Lipinski definition) is 2. The van der Waals surface area contributed by atoms with E-state index in [1.54, 1.807) is 30.5 Å². The van der Waals surface area contributed by atoms with Crippen LogP contribution in [0.3, 0.4) is 0 Å². The minimum atomic E-state index is -0.496. The number of hydrogen-bond donors (Lipinski definition) is 1. The molecular weight excluding hydrogens is 359 g/mol. The van der Waals surface area contributed by atoms with Gasteiger partial charge in [-0.3, -0.25) is 9.59 Å². The third-order valence-corrected chi connectivity index (χ3v) is 5.39. The molecule has 126 valence electrons. The zero-order valence-corrected chi connectivity index (χ0v) is 14.9. The van der Waals surface area contributed by atoms with Gasteiger partial charge < -0.3 is 9.88 Å². The van der Waals surface area contributed by atoms with Gasteiger partial charge in [-0.15, -0.1) is 0 Å². The van der Waals surface area contributed by atoms with Crippen LogP contribution in [0.1, 0.15) is 28.9 Å². The van der Waals surface area contributed by atoms with E-state index in [4.69, 9.17) is 23.2 Å². The van der Waals surface area contributed by atoms with Crippen LogP contribution in [0.4, 0.5) is 5.69 Å². The Kier molecular flexibility index (Phi) is 3.82. The summed E-state index contributed by atoms with van der Waals surface area (Å²) < 4.78 is 2.00. The molecule has 1 aromatic heterocycles. The molecule has 0 spiro atoms. The molecule has 2 heterocycles. The maximum absolute atomic E-state index is 12.8. The zero-order valence-electron chi connectivity index (χ0n) is 13.3. The summed E-state index contributed by atoms with van der Waals surface area (Å²) in [6.07, 6.45) is 2.49. The first-order valence-electron chi connectivity index (χ1n) is 7.89. The number of aromatic nitrogens is 1. The molecule has 0 aliphatic carbocycles. The SMILES string of the molecule is C[C@@H]1Cc2cccc3c(=O)c(C(=O)Nc4cccc(Cl)c4Cl)cn1c23. The number of nitrogens with one attached hydrogen (secondary N) is 1. The number of para-hydroxylation sites is 1. The molecule has 3 aromatic rings. The van der Waals surface area contributed by atoms with Crippen LogP contribution in [0.25, 0.3) is 10.9 Å².